The van der Waals surface area contributed by atoms with E-state index in [2.05, 4.69) is 10.00 Å². The van der Waals surface area contributed by atoms with E-state index in [0.717, 1.165) is 19.4 Å². The first-order valence-corrected chi connectivity index (χ1v) is 8.96. The quantitative estimate of drug-likeness (QED) is 0.787. The van der Waals surface area contributed by atoms with Crippen LogP contribution in [0, 0.1) is 5.92 Å². The minimum atomic E-state index is -0.309. The molecule has 1 aromatic rings. The smallest absolute Gasteiger partial charge is 0.239 e. The normalized spacial score (nSPS) is 26.4. The molecule has 25 heavy (non-hydrogen) atoms. The summed E-state index contributed by atoms with van der Waals surface area (Å²) < 4.78 is 7.67. The summed E-state index contributed by atoms with van der Waals surface area (Å²) in [6, 6.07) is 1.66. The second-order valence-electron chi connectivity index (χ2n) is 6.92. The van der Waals surface area contributed by atoms with E-state index < -0.39 is 0 Å². The summed E-state index contributed by atoms with van der Waals surface area (Å²) in [6.07, 6.45) is 5.28. The van der Waals surface area contributed by atoms with Crippen molar-refractivity contribution in [3.8, 4) is 0 Å². The van der Waals surface area contributed by atoms with E-state index in [1.54, 1.807) is 11.1 Å². The maximum atomic E-state index is 12.9. The number of primary amides is 1. The van der Waals surface area contributed by atoms with Crippen LogP contribution < -0.4 is 5.73 Å². The standard InChI is InChI=1S/C17H27N5O3/c1-13(17(24)21-6-2-4-14(10-21)16(18)23)20-8-9-25-15(11-20)12-22-7-3-5-19-22/h3,5,7,13-15H,2,4,6,8-12H2,1H3,(H2,18,23). The average Bonchev–Trinajstić information content (AvgIpc) is 3.13. The first-order valence-electron chi connectivity index (χ1n) is 8.96. The van der Waals surface area contributed by atoms with Crippen molar-refractivity contribution in [3.05, 3.63) is 18.5 Å². The van der Waals surface area contributed by atoms with Crippen LogP contribution >= 0.6 is 0 Å². The number of nitrogens with zero attached hydrogens (tertiary/aromatic N) is 4. The van der Waals surface area contributed by atoms with Crippen LogP contribution in [0.15, 0.2) is 18.5 Å². The second-order valence-corrected chi connectivity index (χ2v) is 6.92. The molecule has 0 bridgehead atoms. The minimum absolute atomic E-state index is 0.0172. The Hall–Kier alpha value is -1.93. The largest absolute Gasteiger partial charge is 0.374 e. The first-order chi connectivity index (χ1) is 12.0. The molecular weight excluding hydrogens is 322 g/mol. The van der Waals surface area contributed by atoms with Crippen LogP contribution in [0.1, 0.15) is 19.8 Å². The predicted octanol–water partition coefficient (Wildman–Crippen LogP) is -0.304. The van der Waals surface area contributed by atoms with Crippen molar-refractivity contribution < 1.29 is 14.3 Å². The van der Waals surface area contributed by atoms with Gasteiger partial charge in [-0.3, -0.25) is 19.2 Å². The van der Waals surface area contributed by atoms with Gasteiger partial charge in [-0.2, -0.15) is 5.10 Å². The molecule has 8 nitrogen and oxygen atoms in total. The van der Waals surface area contributed by atoms with Gasteiger partial charge in [-0.25, -0.2) is 0 Å². The Labute approximate surface area is 147 Å². The van der Waals surface area contributed by atoms with E-state index >= 15 is 0 Å². The number of amides is 2. The number of aromatic nitrogens is 2. The molecule has 2 aliphatic heterocycles. The monoisotopic (exact) mass is 349 g/mol. The molecule has 2 aliphatic rings. The minimum Gasteiger partial charge on any atom is -0.374 e. The number of rotatable bonds is 5. The molecule has 2 amide bonds. The summed E-state index contributed by atoms with van der Waals surface area (Å²) in [5, 5.41) is 4.21. The molecule has 138 valence electrons. The van der Waals surface area contributed by atoms with E-state index in [-0.39, 0.29) is 29.9 Å². The fourth-order valence-corrected chi connectivity index (χ4v) is 3.65. The lowest BCUT2D eigenvalue weighted by Gasteiger charge is -2.39. The predicted molar refractivity (Wildman–Crippen MR) is 91.5 cm³/mol. The van der Waals surface area contributed by atoms with Crippen LogP contribution in [-0.2, 0) is 20.9 Å². The van der Waals surface area contributed by atoms with Crippen LogP contribution in [0.2, 0.25) is 0 Å². The molecule has 3 unspecified atom stereocenters. The highest BCUT2D eigenvalue weighted by atomic mass is 16.5. The summed E-state index contributed by atoms with van der Waals surface area (Å²) in [5.41, 5.74) is 5.42. The third kappa shape index (κ3) is 4.38. The van der Waals surface area contributed by atoms with Gasteiger partial charge < -0.3 is 15.4 Å². The number of morpholine rings is 1. The third-order valence-corrected chi connectivity index (χ3v) is 5.16. The fraction of sp³-hybridized carbons (Fsp3) is 0.706. The van der Waals surface area contributed by atoms with Gasteiger partial charge in [0, 0.05) is 38.6 Å². The molecule has 8 heteroatoms. The van der Waals surface area contributed by atoms with Crippen molar-refractivity contribution in [2.45, 2.75) is 38.5 Å². The number of carbonyl (C=O) groups is 2. The summed E-state index contributed by atoms with van der Waals surface area (Å²) in [7, 11) is 0. The second kappa shape index (κ2) is 7.97. The van der Waals surface area contributed by atoms with Crippen molar-refractivity contribution >= 4 is 11.8 Å². The maximum Gasteiger partial charge on any atom is 0.239 e. The zero-order valence-corrected chi connectivity index (χ0v) is 14.7. The van der Waals surface area contributed by atoms with Gasteiger partial charge in [0.2, 0.25) is 11.8 Å². The summed E-state index contributed by atoms with van der Waals surface area (Å²) in [6.45, 7) is 5.79. The molecule has 2 fully saturated rings. The zero-order valence-electron chi connectivity index (χ0n) is 14.7. The van der Waals surface area contributed by atoms with Crippen molar-refractivity contribution in [1.29, 1.82) is 0 Å². The molecule has 0 aliphatic carbocycles. The number of carbonyl (C=O) groups excluding carboxylic acids is 2. The van der Waals surface area contributed by atoms with Crippen LogP contribution in [0.25, 0.3) is 0 Å². The Bertz CT molecular complexity index is 591. The van der Waals surface area contributed by atoms with Gasteiger partial charge in [-0.15, -0.1) is 0 Å². The molecular formula is C17H27N5O3. The first kappa shape index (κ1) is 17.9. The molecule has 0 radical (unpaired) electrons. The zero-order chi connectivity index (χ0) is 17.8. The van der Waals surface area contributed by atoms with Gasteiger partial charge >= 0.3 is 0 Å². The number of nitrogens with two attached hydrogens (primary N) is 1. The lowest BCUT2D eigenvalue weighted by molar-refractivity contribution is -0.142. The number of hydrogen-bond acceptors (Lipinski definition) is 5. The highest BCUT2D eigenvalue weighted by molar-refractivity contribution is 5.83. The number of hydrogen-bond donors (Lipinski definition) is 1. The van der Waals surface area contributed by atoms with Crippen molar-refractivity contribution in [1.82, 2.24) is 19.6 Å². The Kier molecular flexibility index (Phi) is 5.70. The molecule has 0 saturated carbocycles. The lowest BCUT2D eigenvalue weighted by atomic mass is 9.97. The molecule has 0 aromatic carbocycles. The number of ether oxygens (including phenoxy) is 1. The molecule has 2 saturated heterocycles. The Balaban J connectivity index is 1.56. The van der Waals surface area contributed by atoms with Gasteiger partial charge in [0.15, 0.2) is 0 Å². The van der Waals surface area contributed by atoms with E-state index in [1.807, 2.05) is 23.9 Å². The van der Waals surface area contributed by atoms with Gasteiger partial charge in [-0.05, 0) is 25.8 Å². The van der Waals surface area contributed by atoms with Crippen LogP contribution in [0.4, 0.5) is 0 Å². The lowest BCUT2D eigenvalue weighted by Crippen LogP contribution is -2.55. The SMILES string of the molecule is CC(C(=O)N1CCCC(C(N)=O)C1)N1CCOC(Cn2cccn2)C1. The summed E-state index contributed by atoms with van der Waals surface area (Å²) in [5.74, 6) is -0.455. The molecule has 3 rings (SSSR count). The van der Waals surface area contributed by atoms with Crippen LogP contribution in [0.3, 0.4) is 0 Å². The molecule has 0 spiro atoms. The Morgan fingerprint density at radius 2 is 2.20 bits per heavy atom. The maximum absolute atomic E-state index is 12.9. The topological polar surface area (TPSA) is 93.7 Å². The number of piperidine rings is 1. The number of likely N-dealkylation sites (tertiary alicyclic amines) is 1. The van der Waals surface area contributed by atoms with Crippen LogP contribution in [-0.4, -0.2) is 76.3 Å². The average molecular weight is 349 g/mol. The van der Waals surface area contributed by atoms with Crippen molar-refractivity contribution in [2.24, 2.45) is 11.7 Å². The van der Waals surface area contributed by atoms with Gasteiger partial charge in [0.05, 0.1) is 31.2 Å². The summed E-state index contributed by atoms with van der Waals surface area (Å²) in [4.78, 5) is 28.3. The molecule has 2 N–H and O–H groups in total. The van der Waals surface area contributed by atoms with E-state index in [1.165, 1.54) is 0 Å². The van der Waals surface area contributed by atoms with E-state index in [0.29, 0.717) is 32.8 Å². The molecule has 1 aromatic heterocycles. The highest BCUT2D eigenvalue weighted by Gasteiger charge is 2.33. The Morgan fingerprint density at radius 3 is 2.92 bits per heavy atom. The van der Waals surface area contributed by atoms with Crippen molar-refractivity contribution in [2.75, 3.05) is 32.8 Å². The molecule has 3 atom stereocenters. The third-order valence-electron chi connectivity index (χ3n) is 5.16. The molecule has 3 heterocycles. The van der Waals surface area contributed by atoms with Gasteiger partial charge in [-0.1, -0.05) is 0 Å². The van der Waals surface area contributed by atoms with E-state index in [4.69, 9.17) is 10.5 Å². The fourth-order valence-electron chi connectivity index (χ4n) is 3.65. The van der Waals surface area contributed by atoms with Crippen molar-refractivity contribution in [3.63, 3.8) is 0 Å². The Morgan fingerprint density at radius 1 is 1.36 bits per heavy atom. The van der Waals surface area contributed by atoms with Gasteiger partial charge in [0.25, 0.3) is 0 Å². The van der Waals surface area contributed by atoms with Gasteiger partial charge in [0.1, 0.15) is 0 Å². The van der Waals surface area contributed by atoms with E-state index in [9.17, 15) is 9.59 Å². The highest BCUT2D eigenvalue weighted by Crippen LogP contribution is 2.19. The summed E-state index contributed by atoms with van der Waals surface area (Å²) >= 11 is 0. The van der Waals surface area contributed by atoms with Crippen LogP contribution in [0.5, 0.6) is 0 Å².